The molecule has 0 aliphatic rings. The quantitative estimate of drug-likeness (QED) is 0.570. The largest absolute Gasteiger partial charge is 0.399 e. The monoisotopic (exact) mass is 328 g/mol. The Kier molecular flexibility index (Phi) is 6.14. The van der Waals surface area contributed by atoms with E-state index in [4.69, 9.17) is 0 Å². The molecule has 0 N–H and O–H groups in total. The molecule has 1 aromatic rings. The van der Waals surface area contributed by atoms with Crippen LogP contribution in [0, 0.1) is 0 Å². The Hall–Kier alpha value is -1.42. The molecule has 0 amide bonds. The summed E-state index contributed by atoms with van der Waals surface area (Å²) in [6, 6.07) is 0. The molecule has 1 aromatic heterocycles. The molecule has 20 heavy (non-hydrogen) atoms. The van der Waals surface area contributed by atoms with Crippen LogP contribution in [0.4, 0.5) is 13.2 Å². The molecule has 0 bridgehead atoms. The third-order valence-electron chi connectivity index (χ3n) is 2.07. The number of hydrogen-bond acceptors (Lipinski definition) is 6. The van der Waals surface area contributed by atoms with Crippen molar-refractivity contribution in [3.8, 4) is 0 Å². The second kappa shape index (κ2) is 7.39. The van der Waals surface area contributed by atoms with E-state index < -0.39 is 33.9 Å². The Bertz CT molecular complexity index is 607. The highest BCUT2D eigenvalue weighted by Gasteiger charge is 2.20. The van der Waals surface area contributed by atoms with Crippen LogP contribution >= 0.6 is 11.3 Å². The van der Waals surface area contributed by atoms with Crippen LogP contribution in [0.25, 0.3) is 0 Å². The van der Waals surface area contributed by atoms with Gasteiger partial charge >= 0.3 is 6.08 Å². The number of hydrogen-bond donors (Lipinski definition) is 0. The van der Waals surface area contributed by atoms with Crippen LogP contribution in [0.2, 0.25) is 0 Å². The van der Waals surface area contributed by atoms with Gasteiger partial charge in [0.25, 0.3) is 0 Å². The SMILES string of the molecule is CO/N=C/Cc1cnc(S(=O)(=O)CCC(F)=C(F)F)s1. The lowest BCUT2D eigenvalue weighted by Crippen LogP contribution is -2.06. The molecule has 0 aliphatic carbocycles. The van der Waals surface area contributed by atoms with E-state index in [1.54, 1.807) is 0 Å². The molecule has 0 unspecified atom stereocenters. The second-order valence-corrected chi connectivity index (χ2v) is 6.90. The van der Waals surface area contributed by atoms with Gasteiger partial charge in [-0.15, -0.1) is 11.3 Å². The van der Waals surface area contributed by atoms with Crippen molar-refractivity contribution in [2.45, 2.75) is 17.2 Å². The predicted octanol–water partition coefficient (Wildman–Crippen LogP) is 2.56. The molecule has 5 nitrogen and oxygen atoms in total. The molecule has 10 heteroatoms. The van der Waals surface area contributed by atoms with E-state index in [0.29, 0.717) is 11.3 Å². The molecular weight excluding hydrogens is 317 g/mol. The van der Waals surface area contributed by atoms with E-state index in [1.807, 2.05) is 0 Å². The van der Waals surface area contributed by atoms with Crippen molar-refractivity contribution >= 4 is 27.4 Å². The predicted molar refractivity (Wildman–Crippen MR) is 68.3 cm³/mol. The zero-order chi connectivity index (χ0) is 15.2. The van der Waals surface area contributed by atoms with Crippen molar-refractivity contribution in [3.63, 3.8) is 0 Å². The van der Waals surface area contributed by atoms with Gasteiger partial charge in [0.1, 0.15) is 7.11 Å². The van der Waals surface area contributed by atoms with E-state index in [0.717, 1.165) is 11.3 Å². The number of oxime groups is 1. The van der Waals surface area contributed by atoms with Crippen LogP contribution in [-0.4, -0.2) is 32.5 Å². The summed E-state index contributed by atoms with van der Waals surface area (Å²) in [7, 11) is -2.51. The number of thiazole rings is 1. The van der Waals surface area contributed by atoms with Crippen LogP contribution in [0.1, 0.15) is 11.3 Å². The standard InChI is InChI=1S/C10H11F3N2O3S2/c1-18-15-4-2-7-6-14-10(19-7)20(16,17)5-3-8(11)9(12)13/h4,6H,2-3,5H2,1H3/b15-4+. The van der Waals surface area contributed by atoms with Crippen molar-refractivity contribution in [2.75, 3.05) is 12.9 Å². The number of allylic oxidation sites excluding steroid dienone is 1. The zero-order valence-corrected chi connectivity index (χ0v) is 12.0. The molecule has 1 heterocycles. The maximum Gasteiger partial charge on any atom is 0.301 e. The van der Waals surface area contributed by atoms with Crippen LogP contribution in [-0.2, 0) is 21.1 Å². The fourth-order valence-corrected chi connectivity index (χ4v) is 3.64. The summed E-state index contributed by atoms with van der Waals surface area (Å²) in [4.78, 5) is 8.74. The molecule has 0 fully saturated rings. The summed E-state index contributed by atoms with van der Waals surface area (Å²) in [5.41, 5.74) is 0. The van der Waals surface area contributed by atoms with Gasteiger partial charge in [-0.2, -0.15) is 8.78 Å². The fourth-order valence-electron chi connectivity index (χ4n) is 1.14. The fraction of sp³-hybridized carbons (Fsp3) is 0.400. The first-order valence-electron chi connectivity index (χ1n) is 5.29. The molecule has 112 valence electrons. The average molecular weight is 328 g/mol. The molecule has 0 saturated heterocycles. The third kappa shape index (κ3) is 4.93. The maximum atomic E-state index is 12.6. The number of halogens is 3. The van der Waals surface area contributed by atoms with Gasteiger partial charge < -0.3 is 4.84 Å². The van der Waals surface area contributed by atoms with Crippen LogP contribution < -0.4 is 0 Å². The molecule has 0 saturated carbocycles. The summed E-state index contributed by atoms with van der Waals surface area (Å²) in [5.74, 6) is -2.48. The van der Waals surface area contributed by atoms with Gasteiger partial charge in [0.15, 0.2) is 5.83 Å². The first-order valence-corrected chi connectivity index (χ1v) is 7.75. The minimum absolute atomic E-state index is 0.231. The highest BCUT2D eigenvalue weighted by atomic mass is 32.2. The first-order chi connectivity index (χ1) is 9.36. The molecule has 1 rings (SSSR count). The maximum absolute atomic E-state index is 12.6. The topological polar surface area (TPSA) is 68.6 Å². The number of sulfone groups is 1. The lowest BCUT2D eigenvalue weighted by atomic mass is 10.4. The zero-order valence-electron chi connectivity index (χ0n) is 10.3. The minimum atomic E-state index is -3.87. The van der Waals surface area contributed by atoms with Gasteiger partial charge in [-0.1, -0.05) is 5.16 Å². The molecule has 0 spiro atoms. The summed E-state index contributed by atoms with van der Waals surface area (Å²) in [5, 5.41) is 3.48. The Morgan fingerprint density at radius 2 is 2.20 bits per heavy atom. The van der Waals surface area contributed by atoms with E-state index in [2.05, 4.69) is 15.0 Å². The van der Waals surface area contributed by atoms with Crippen LogP contribution in [0.5, 0.6) is 0 Å². The second-order valence-electron chi connectivity index (χ2n) is 3.50. The third-order valence-corrected chi connectivity index (χ3v) is 5.27. The van der Waals surface area contributed by atoms with Gasteiger partial charge in [0, 0.05) is 30.1 Å². The lowest BCUT2D eigenvalue weighted by molar-refractivity contribution is 0.215. The van der Waals surface area contributed by atoms with Crippen molar-refractivity contribution in [1.29, 1.82) is 0 Å². The number of aromatic nitrogens is 1. The summed E-state index contributed by atoms with van der Waals surface area (Å²) in [6.45, 7) is 0. The summed E-state index contributed by atoms with van der Waals surface area (Å²) in [6.07, 6.45) is -0.291. The Morgan fingerprint density at radius 1 is 1.50 bits per heavy atom. The highest BCUT2D eigenvalue weighted by Crippen LogP contribution is 2.22. The normalized spacial score (nSPS) is 11.8. The van der Waals surface area contributed by atoms with Crippen molar-refractivity contribution in [1.82, 2.24) is 4.98 Å². The average Bonchev–Trinajstić information content (AvgIpc) is 2.86. The van der Waals surface area contributed by atoms with E-state index in [1.165, 1.54) is 19.5 Å². The van der Waals surface area contributed by atoms with Crippen molar-refractivity contribution in [3.05, 3.63) is 23.0 Å². The van der Waals surface area contributed by atoms with E-state index in [-0.39, 0.29) is 4.34 Å². The first kappa shape index (κ1) is 16.6. The summed E-state index contributed by atoms with van der Waals surface area (Å²) >= 11 is 0.878. The molecule has 0 aromatic carbocycles. The molecule has 0 radical (unpaired) electrons. The highest BCUT2D eigenvalue weighted by molar-refractivity contribution is 7.93. The number of nitrogens with zero attached hydrogens (tertiary/aromatic N) is 2. The van der Waals surface area contributed by atoms with Gasteiger partial charge in [0.2, 0.25) is 14.2 Å². The lowest BCUT2D eigenvalue weighted by Gasteiger charge is -1.98. The number of rotatable bonds is 7. The smallest absolute Gasteiger partial charge is 0.301 e. The Balaban J connectivity index is 2.73. The molecule has 0 atom stereocenters. The molecule has 0 aliphatic heterocycles. The van der Waals surface area contributed by atoms with E-state index >= 15 is 0 Å². The van der Waals surface area contributed by atoms with Gasteiger partial charge in [0.05, 0.1) is 5.75 Å². The Morgan fingerprint density at radius 3 is 2.80 bits per heavy atom. The van der Waals surface area contributed by atoms with Gasteiger partial charge in [-0.25, -0.2) is 17.8 Å². The van der Waals surface area contributed by atoms with E-state index in [9.17, 15) is 21.6 Å². The van der Waals surface area contributed by atoms with Gasteiger partial charge in [-0.3, -0.25) is 0 Å². The Labute approximate surface area is 117 Å². The van der Waals surface area contributed by atoms with Crippen molar-refractivity contribution < 1.29 is 26.4 Å². The van der Waals surface area contributed by atoms with Gasteiger partial charge in [-0.05, 0) is 0 Å². The minimum Gasteiger partial charge on any atom is -0.399 e. The summed E-state index contributed by atoms with van der Waals surface area (Å²) < 4.78 is 59.6. The van der Waals surface area contributed by atoms with Crippen molar-refractivity contribution in [2.24, 2.45) is 5.16 Å². The van der Waals surface area contributed by atoms with Crippen LogP contribution in [0.3, 0.4) is 0 Å². The van der Waals surface area contributed by atoms with Crippen LogP contribution in [0.15, 0.2) is 27.6 Å². The molecular formula is C10H11F3N2O3S2.